The maximum absolute atomic E-state index is 12.6. The summed E-state index contributed by atoms with van der Waals surface area (Å²) in [5.74, 6) is -0.496. The van der Waals surface area contributed by atoms with Crippen molar-refractivity contribution in [1.29, 1.82) is 0 Å². The van der Waals surface area contributed by atoms with Crippen molar-refractivity contribution in [2.24, 2.45) is 14.1 Å². The Morgan fingerprint density at radius 2 is 1.84 bits per heavy atom. The van der Waals surface area contributed by atoms with Gasteiger partial charge in [0.1, 0.15) is 0 Å². The van der Waals surface area contributed by atoms with Gasteiger partial charge in [0.25, 0.3) is 5.56 Å². The Kier molecular flexibility index (Phi) is 4.26. The number of benzene rings is 1. The van der Waals surface area contributed by atoms with E-state index < -0.39 is 23.3 Å². The van der Waals surface area contributed by atoms with Crippen LogP contribution in [0.15, 0.2) is 46.2 Å². The fourth-order valence-corrected chi connectivity index (χ4v) is 2.83. The van der Waals surface area contributed by atoms with Crippen LogP contribution >= 0.6 is 0 Å². The molecule has 0 unspecified atom stereocenters. The number of aromatic nitrogens is 4. The highest BCUT2D eigenvalue weighted by molar-refractivity contribution is 5.81. The third kappa shape index (κ3) is 2.65. The summed E-state index contributed by atoms with van der Waals surface area (Å²) in [6, 6.07) is 8.12. The number of nitrogens with zero attached hydrogens (tertiary/aromatic N) is 4. The first-order chi connectivity index (χ1) is 12.0. The standard InChI is InChI=1S/C17H18N4O4/c1-4-25-16(23)12(11-8-6-5-7-9-11)21-10-18-14-13(21)15(22)20(3)17(24)19(14)2/h5-10,12H,4H2,1-3H3/t12-/m1/s1. The number of aryl methyl sites for hydroxylation is 1. The van der Waals surface area contributed by atoms with Gasteiger partial charge in [-0.15, -0.1) is 0 Å². The Morgan fingerprint density at radius 1 is 1.16 bits per heavy atom. The van der Waals surface area contributed by atoms with Crippen LogP contribution in [-0.4, -0.2) is 31.3 Å². The molecule has 2 aromatic heterocycles. The van der Waals surface area contributed by atoms with E-state index in [2.05, 4.69) is 4.98 Å². The number of fused-ring (bicyclic) bond motifs is 1. The van der Waals surface area contributed by atoms with Crippen LogP contribution in [0, 0.1) is 0 Å². The van der Waals surface area contributed by atoms with Crippen molar-refractivity contribution in [1.82, 2.24) is 18.7 Å². The maximum Gasteiger partial charge on any atom is 0.333 e. The average molecular weight is 342 g/mol. The number of ether oxygens (including phenoxy) is 1. The Balaban J connectivity index is 2.33. The third-order valence-electron chi connectivity index (χ3n) is 4.08. The van der Waals surface area contributed by atoms with Gasteiger partial charge in [-0.25, -0.2) is 14.6 Å². The Labute approximate surface area is 142 Å². The van der Waals surface area contributed by atoms with E-state index in [1.54, 1.807) is 31.2 Å². The average Bonchev–Trinajstić information content (AvgIpc) is 3.04. The Hall–Kier alpha value is -3.16. The molecule has 0 bridgehead atoms. The van der Waals surface area contributed by atoms with E-state index in [0.717, 1.165) is 4.57 Å². The molecule has 0 aliphatic rings. The molecule has 8 heteroatoms. The van der Waals surface area contributed by atoms with Crippen molar-refractivity contribution >= 4 is 17.1 Å². The molecule has 1 aromatic carbocycles. The number of carbonyl (C=O) groups excluding carboxylic acids is 1. The molecule has 0 amide bonds. The number of hydrogen-bond acceptors (Lipinski definition) is 5. The van der Waals surface area contributed by atoms with Crippen LogP contribution < -0.4 is 11.2 Å². The predicted octanol–water partition coefficient (Wildman–Crippen LogP) is 0.586. The van der Waals surface area contributed by atoms with Crippen LogP contribution in [0.25, 0.3) is 11.2 Å². The van der Waals surface area contributed by atoms with Gasteiger partial charge >= 0.3 is 11.7 Å². The minimum atomic E-state index is -0.864. The minimum Gasteiger partial charge on any atom is -0.464 e. The van der Waals surface area contributed by atoms with Crippen molar-refractivity contribution in [3.8, 4) is 0 Å². The van der Waals surface area contributed by atoms with E-state index >= 15 is 0 Å². The second kappa shape index (κ2) is 6.39. The molecule has 1 atom stereocenters. The Bertz CT molecular complexity index is 1050. The largest absolute Gasteiger partial charge is 0.464 e. The predicted molar refractivity (Wildman–Crippen MR) is 91.4 cm³/mol. The molecule has 0 saturated carbocycles. The molecule has 130 valence electrons. The van der Waals surface area contributed by atoms with E-state index in [-0.39, 0.29) is 17.8 Å². The molecular weight excluding hydrogens is 324 g/mol. The molecule has 0 N–H and O–H groups in total. The Morgan fingerprint density at radius 3 is 2.48 bits per heavy atom. The van der Waals surface area contributed by atoms with Crippen LogP contribution in [0.1, 0.15) is 18.5 Å². The first-order valence-electron chi connectivity index (χ1n) is 7.81. The number of rotatable bonds is 4. The summed E-state index contributed by atoms with van der Waals surface area (Å²) >= 11 is 0. The minimum absolute atomic E-state index is 0.173. The smallest absolute Gasteiger partial charge is 0.333 e. The van der Waals surface area contributed by atoms with Crippen molar-refractivity contribution in [3.63, 3.8) is 0 Å². The second-order valence-corrected chi connectivity index (χ2v) is 5.60. The summed E-state index contributed by atoms with van der Waals surface area (Å²) in [4.78, 5) is 41.5. The summed E-state index contributed by atoms with van der Waals surface area (Å²) in [6.07, 6.45) is 1.39. The zero-order valence-electron chi connectivity index (χ0n) is 14.2. The van der Waals surface area contributed by atoms with Gasteiger partial charge < -0.3 is 9.30 Å². The summed E-state index contributed by atoms with van der Waals surface area (Å²) in [5, 5.41) is 0. The zero-order valence-corrected chi connectivity index (χ0v) is 14.2. The first-order valence-corrected chi connectivity index (χ1v) is 7.81. The van der Waals surface area contributed by atoms with Crippen molar-refractivity contribution in [2.45, 2.75) is 13.0 Å². The van der Waals surface area contributed by atoms with Gasteiger partial charge in [-0.3, -0.25) is 13.9 Å². The quantitative estimate of drug-likeness (QED) is 0.648. The van der Waals surface area contributed by atoms with Gasteiger partial charge in [0, 0.05) is 14.1 Å². The SMILES string of the molecule is CCOC(=O)[C@@H](c1ccccc1)n1cnc2c1c(=O)n(C)c(=O)n2C. The maximum atomic E-state index is 12.6. The summed E-state index contributed by atoms with van der Waals surface area (Å²) in [7, 11) is 2.92. The molecule has 0 aliphatic heterocycles. The first kappa shape index (κ1) is 16.7. The second-order valence-electron chi connectivity index (χ2n) is 5.60. The van der Waals surface area contributed by atoms with Crippen LogP contribution in [0.5, 0.6) is 0 Å². The molecule has 0 spiro atoms. The molecule has 2 heterocycles. The normalized spacial score (nSPS) is 12.3. The van der Waals surface area contributed by atoms with Gasteiger partial charge in [0.2, 0.25) is 0 Å². The van der Waals surface area contributed by atoms with Crippen LogP contribution in [-0.2, 0) is 23.6 Å². The molecule has 0 fully saturated rings. The number of carbonyl (C=O) groups is 1. The van der Waals surface area contributed by atoms with Crippen LogP contribution in [0.2, 0.25) is 0 Å². The number of esters is 1. The topological polar surface area (TPSA) is 88.1 Å². The van der Waals surface area contributed by atoms with E-state index in [0.29, 0.717) is 5.56 Å². The summed E-state index contributed by atoms with van der Waals surface area (Å²) in [5.41, 5.74) is 0.0666. The van der Waals surface area contributed by atoms with Crippen molar-refractivity contribution < 1.29 is 9.53 Å². The monoisotopic (exact) mass is 342 g/mol. The number of imidazole rings is 1. The highest BCUT2D eigenvalue weighted by Crippen LogP contribution is 2.23. The summed E-state index contributed by atoms with van der Waals surface area (Å²) < 4.78 is 8.93. The van der Waals surface area contributed by atoms with Gasteiger partial charge in [0.05, 0.1) is 12.9 Å². The van der Waals surface area contributed by atoms with Crippen molar-refractivity contribution in [3.05, 3.63) is 63.1 Å². The lowest BCUT2D eigenvalue weighted by Gasteiger charge is -2.18. The van der Waals surface area contributed by atoms with E-state index in [1.165, 1.54) is 29.6 Å². The zero-order chi connectivity index (χ0) is 18.1. The van der Waals surface area contributed by atoms with Gasteiger partial charge in [-0.05, 0) is 12.5 Å². The van der Waals surface area contributed by atoms with Crippen LogP contribution in [0.4, 0.5) is 0 Å². The van der Waals surface area contributed by atoms with Crippen molar-refractivity contribution in [2.75, 3.05) is 6.61 Å². The fraction of sp³-hybridized carbons (Fsp3) is 0.294. The molecule has 25 heavy (non-hydrogen) atoms. The van der Waals surface area contributed by atoms with Crippen LogP contribution in [0.3, 0.4) is 0 Å². The summed E-state index contributed by atoms with van der Waals surface area (Å²) in [6.45, 7) is 1.93. The lowest BCUT2D eigenvalue weighted by atomic mass is 10.1. The molecule has 3 rings (SSSR count). The fourth-order valence-electron chi connectivity index (χ4n) is 2.83. The highest BCUT2D eigenvalue weighted by Gasteiger charge is 2.27. The van der Waals surface area contributed by atoms with Gasteiger partial charge in [-0.1, -0.05) is 30.3 Å². The third-order valence-corrected chi connectivity index (χ3v) is 4.08. The molecule has 0 saturated heterocycles. The highest BCUT2D eigenvalue weighted by atomic mass is 16.5. The molecule has 0 radical (unpaired) electrons. The van der Waals surface area contributed by atoms with Gasteiger partial charge in [0.15, 0.2) is 17.2 Å². The molecule has 3 aromatic rings. The molecular formula is C17H18N4O4. The van der Waals surface area contributed by atoms with E-state index in [4.69, 9.17) is 4.74 Å². The lowest BCUT2D eigenvalue weighted by Crippen LogP contribution is -2.38. The van der Waals surface area contributed by atoms with Gasteiger partial charge in [-0.2, -0.15) is 0 Å². The lowest BCUT2D eigenvalue weighted by molar-refractivity contribution is -0.145. The number of hydrogen-bond donors (Lipinski definition) is 0. The van der Waals surface area contributed by atoms with E-state index in [1.807, 2.05) is 6.07 Å². The molecule has 8 nitrogen and oxygen atoms in total. The molecule has 0 aliphatic carbocycles. The van der Waals surface area contributed by atoms with E-state index in [9.17, 15) is 14.4 Å².